The highest BCUT2D eigenvalue weighted by Gasteiger charge is 2.23. The van der Waals surface area contributed by atoms with Gasteiger partial charge >= 0.3 is 5.97 Å². The van der Waals surface area contributed by atoms with Gasteiger partial charge in [-0.1, -0.05) is 6.07 Å². The van der Waals surface area contributed by atoms with Crippen molar-refractivity contribution in [1.29, 1.82) is 0 Å². The number of hydrogen-bond acceptors (Lipinski definition) is 8. The molecule has 9 nitrogen and oxygen atoms in total. The topological polar surface area (TPSA) is 131 Å². The molecule has 3 aromatic rings. The number of nitrogens with one attached hydrogen (secondary N) is 1. The maximum absolute atomic E-state index is 13.1. The molecule has 0 heterocycles. The van der Waals surface area contributed by atoms with Crippen LogP contribution in [0.3, 0.4) is 0 Å². The lowest BCUT2D eigenvalue weighted by atomic mass is 10.1. The van der Waals surface area contributed by atoms with Gasteiger partial charge in [-0.15, -0.1) is 11.8 Å². The molecule has 0 atom stereocenters. The van der Waals surface area contributed by atoms with Crippen molar-refractivity contribution in [3.8, 4) is 23.0 Å². The zero-order valence-electron chi connectivity index (χ0n) is 18.3. The summed E-state index contributed by atoms with van der Waals surface area (Å²) in [5.74, 6) is -0.649. The van der Waals surface area contributed by atoms with Crippen molar-refractivity contribution >= 4 is 33.4 Å². The Balaban J connectivity index is 2.11. The summed E-state index contributed by atoms with van der Waals surface area (Å²) < 4.78 is 45.2. The molecular formula is C23H23NO8S2. The molecule has 0 aliphatic rings. The summed E-state index contributed by atoms with van der Waals surface area (Å²) >= 11 is 1.47. The zero-order chi connectivity index (χ0) is 24.7. The van der Waals surface area contributed by atoms with E-state index >= 15 is 0 Å². The van der Waals surface area contributed by atoms with Crippen LogP contribution in [0.5, 0.6) is 23.0 Å². The number of rotatable bonds is 11. The number of anilines is 1. The number of benzene rings is 3. The normalized spacial score (nSPS) is 11.0. The van der Waals surface area contributed by atoms with E-state index < -0.39 is 16.0 Å². The lowest BCUT2D eigenvalue weighted by Crippen LogP contribution is -2.15. The van der Waals surface area contributed by atoms with Crippen molar-refractivity contribution in [2.75, 3.05) is 31.3 Å². The summed E-state index contributed by atoms with van der Waals surface area (Å²) in [4.78, 5) is 12.6. The first-order chi connectivity index (χ1) is 16.3. The first-order valence-corrected chi connectivity index (χ1v) is 12.6. The van der Waals surface area contributed by atoms with Gasteiger partial charge in [0.15, 0.2) is 11.5 Å². The molecule has 180 valence electrons. The number of aromatic carboxylic acids is 1. The fourth-order valence-electron chi connectivity index (χ4n) is 2.91. The van der Waals surface area contributed by atoms with E-state index in [1.165, 1.54) is 37.1 Å². The molecule has 0 fully saturated rings. The highest BCUT2D eigenvalue weighted by molar-refractivity contribution is 7.98. The van der Waals surface area contributed by atoms with Gasteiger partial charge in [0, 0.05) is 11.0 Å². The Morgan fingerprint density at radius 2 is 1.76 bits per heavy atom. The third-order valence-corrected chi connectivity index (χ3v) is 6.65. The Bertz CT molecular complexity index is 1260. The summed E-state index contributed by atoms with van der Waals surface area (Å²) in [6.45, 7) is -0.515. The highest BCUT2D eigenvalue weighted by Crippen LogP contribution is 2.41. The zero-order valence-corrected chi connectivity index (χ0v) is 20.0. The molecule has 0 saturated carbocycles. The van der Waals surface area contributed by atoms with Gasteiger partial charge in [0.1, 0.15) is 18.1 Å². The van der Waals surface area contributed by atoms with E-state index in [9.17, 15) is 23.4 Å². The van der Waals surface area contributed by atoms with Crippen LogP contribution in [0.2, 0.25) is 0 Å². The van der Waals surface area contributed by atoms with Crippen LogP contribution < -0.4 is 18.9 Å². The number of thioether (sulfide) groups is 1. The number of sulfonamides is 1. The van der Waals surface area contributed by atoms with E-state index in [0.29, 0.717) is 11.5 Å². The maximum Gasteiger partial charge on any atom is 0.335 e. The third-order valence-electron chi connectivity index (χ3n) is 4.53. The predicted octanol–water partition coefficient (Wildman–Crippen LogP) is 4.08. The first kappa shape index (κ1) is 25.2. The van der Waals surface area contributed by atoms with Crippen molar-refractivity contribution in [2.45, 2.75) is 9.79 Å². The fourth-order valence-corrected chi connectivity index (χ4v) is 4.37. The number of ether oxygens (including phenoxy) is 3. The van der Waals surface area contributed by atoms with Gasteiger partial charge < -0.3 is 24.4 Å². The monoisotopic (exact) mass is 505 g/mol. The highest BCUT2D eigenvalue weighted by atomic mass is 32.2. The number of methoxy groups -OCH3 is 1. The van der Waals surface area contributed by atoms with E-state index in [1.54, 1.807) is 36.4 Å². The molecular weight excluding hydrogens is 482 g/mol. The molecule has 0 spiro atoms. The standard InChI is InChI=1S/C23H23NO8S2/c1-30-16-4-3-5-17(14-16)32-22-20(12-15(23(26)27)13-21(22)31-11-10-25)24-34(28,29)19-8-6-18(33-2)7-9-19/h3-9,12-14,24-25H,10-11H2,1-2H3,(H,26,27). The summed E-state index contributed by atoms with van der Waals surface area (Å²) in [5, 5.41) is 18.7. The van der Waals surface area contributed by atoms with Crippen molar-refractivity contribution < 1.29 is 37.6 Å². The van der Waals surface area contributed by atoms with Crippen molar-refractivity contribution in [1.82, 2.24) is 0 Å². The molecule has 0 bridgehead atoms. The Kier molecular flexibility index (Phi) is 8.26. The lowest BCUT2D eigenvalue weighted by molar-refractivity contribution is 0.0696. The molecule has 0 amide bonds. The van der Waals surface area contributed by atoms with Crippen LogP contribution in [0, 0.1) is 0 Å². The molecule has 11 heteroatoms. The Hall–Kier alpha value is -3.41. The Labute approximate surface area is 201 Å². The smallest absolute Gasteiger partial charge is 0.335 e. The van der Waals surface area contributed by atoms with Gasteiger partial charge in [-0.3, -0.25) is 4.72 Å². The Morgan fingerprint density at radius 1 is 1.06 bits per heavy atom. The SMILES string of the molecule is COc1cccc(Oc2c(NS(=O)(=O)c3ccc(SC)cc3)cc(C(=O)O)cc2OCCO)c1. The van der Waals surface area contributed by atoms with Gasteiger partial charge in [-0.2, -0.15) is 0 Å². The van der Waals surface area contributed by atoms with Gasteiger partial charge in [0.05, 0.1) is 29.9 Å². The van der Waals surface area contributed by atoms with E-state index in [-0.39, 0.29) is 40.9 Å². The van der Waals surface area contributed by atoms with E-state index in [2.05, 4.69) is 4.72 Å². The number of hydrogen-bond donors (Lipinski definition) is 3. The molecule has 3 rings (SSSR count). The molecule has 0 radical (unpaired) electrons. The van der Waals surface area contributed by atoms with E-state index in [1.807, 2.05) is 6.26 Å². The number of carbonyl (C=O) groups is 1. The van der Waals surface area contributed by atoms with Crippen molar-refractivity contribution in [3.05, 3.63) is 66.2 Å². The van der Waals surface area contributed by atoms with E-state index in [4.69, 9.17) is 14.2 Å². The van der Waals surface area contributed by atoms with Gasteiger partial charge in [-0.05, 0) is 54.8 Å². The second kappa shape index (κ2) is 11.1. The number of carboxylic acid groups (broad SMARTS) is 1. The minimum absolute atomic E-state index is 0.0174. The molecule has 0 aromatic heterocycles. The Morgan fingerprint density at radius 3 is 2.38 bits per heavy atom. The average molecular weight is 506 g/mol. The number of aliphatic hydroxyl groups is 1. The molecule has 0 saturated heterocycles. The largest absolute Gasteiger partial charge is 0.497 e. The van der Waals surface area contributed by atoms with Crippen LogP contribution in [0.15, 0.2) is 70.5 Å². The number of aliphatic hydroxyl groups excluding tert-OH is 1. The van der Waals surface area contributed by atoms with Crippen LogP contribution in [0.4, 0.5) is 5.69 Å². The minimum atomic E-state index is -4.11. The van der Waals surface area contributed by atoms with Crippen LogP contribution in [0.1, 0.15) is 10.4 Å². The van der Waals surface area contributed by atoms with Crippen molar-refractivity contribution in [3.63, 3.8) is 0 Å². The molecule has 0 unspecified atom stereocenters. The number of carboxylic acids is 1. The quantitative estimate of drug-likeness (QED) is 0.330. The summed E-state index contributed by atoms with van der Waals surface area (Å²) in [6.07, 6.45) is 1.87. The molecule has 0 aliphatic heterocycles. The predicted molar refractivity (Wildman–Crippen MR) is 128 cm³/mol. The van der Waals surface area contributed by atoms with Gasteiger partial charge in [0.25, 0.3) is 10.0 Å². The fraction of sp³-hybridized carbons (Fsp3) is 0.174. The van der Waals surface area contributed by atoms with Gasteiger partial charge in [-0.25, -0.2) is 13.2 Å². The molecule has 3 N–H and O–H groups in total. The third kappa shape index (κ3) is 6.13. The minimum Gasteiger partial charge on any atom is -0.497 e. The van der Waals surface area contributed by atoms with Crippen LogP contribution >= 0.6 is 11.8 Å². The van der Waals surface area contributed by atoms with Gasteiger partial charge in [0.2, 0.25) is 0 Å². The summed E-state index contributed by atoms with van der Waals surface area (Å²) in [7, 11) is -2.62. The van der Waals surface area contributed by atoms with Crippen LogP contribution in [0.25, 0.3) is 0 Å². The first-order valence-electron chi connectivity index (χ1n) is 9.91. The average Bonchev–Trinajstić information content (AvgIpc) is 2.83. The lowest BCUT2D eigenvalue weighted by Gasteiger charge is -2.18. The van der Waals surface area contributed by atoms with Crippen molar-refractivity contribution in [2.24, 2.45) is 0 Å². The second-order valence-electron chi connectivity index (χ2n) is 6.79. The summed E-state index contributed by atoms with van der Waals surface area (Å²) in [6, 6.07) is 15.1. The molecule has 34 heavy (non-hydrogen) atoms. The second-order valence-corrected chi connectivity index (χ2v) is 9.35. The summed E-state index contributed by atoms with van der Waals surface area (Å²) in [5.41, 5.74) is -0.383. The molecule has 3 aromatic carbocycles. The van der Waals surface area contributed by atoms with Crippen LogP contribution in [-0.4, -0.2) is 51.2 Å². The van der Waals surface area contributed by atoms with E-state index in [0.717, 1.165) is 11.0 Å². The molecule has 0 aliphatic carbocycles. The van der Waals surface area contributed by atoms with Crippen LogP contribution in [-0.2, 0) is 10.0 Å². The maximum atomic E-state index is 13.1.